The van der Waals surface area contributed by atoms with Gasteiger partial charge in [0.05, 0.1) is 26.3 Å². The van der Waals surface area contributed by atoms with Crippen LogP contribution in [0.25, 0.3) is 22.3 Å². The number of ether oxygens (including phenoxy) is 4. The van der Waals surface area contributed by atoms with Crippen LogP contribution in [0.5, 0.6) is 17.2 Å². The van der Waals surface area contributed by atoms with Gasteiger partial charge in [-0.2, -0.15) is 4.98 Å². The number of hydrogen-bond donors (Lipinski definition) is 0. The lowest BCUT2D eigenvalue weighted by Gasteiger charge is -2.08. The van der Waals surface area contributed by atoms with E-state index in [0.717, 1.165) is 16.9 Å². The van der Waals surface area contributed by atoms with Gasteiger partial charge in [0.25, 0.3) is 0 Å². The van der Waals surface area contributed by atoms with Crippen molar-refractivity contribution in [3.8, 4) is 28.6 Å². The molecule has 0 bridgehead atoms. The highest BCUT2D eigenvalue weighted by atomic mass is 16.5. The van der Waals surface area contributed by atoms with E-state index in [2.05, 4.69) is 10.1 Å². The molecule has 2 aromatic heterocycles. The highest BCUT2D eigenvalue weighted by molar-refractivity contribution is 6.03. The molecule has 0 amide bonds. The number of aromatic nitrogens is 3. The maximum atomic E-state index is 13.3. The second-order valence-corrected chi connectivity index (χ2v) is 9.08. The summed E-state index contributed by atoms with van der Waals surface area (Å²) in [4.78, 5) is 30.4. The van der Waals surface area contributed by atoms with Gasteiger partial charge < -0.3 is 23.5 Å². The third-order valence-electron chi connectivity index (χ3n) is 6.44. The number of nitrogens with zero attached hydrogens (tertiary/aromatic N) is 3. The fourth-order valence-electron chi connectivity index (χ4n) is 4.33. The highest BCUT2D eigenvalue weighted by Gasteiger charge is 2.22. The Labute approximate surface area is 236 Å². The molecule has 5 rings (SSSR count). The fourth-order valence-corrected chi connectivity index (χ4v) is 4.33. The molecule has 0 spiro atoms. The zero-order chi connectivity index (χ0) is 28.8. The van der Waals surface area contributed by atoms with Crippen LogP contribution < -0.4 is 14.2 Å². The predicted molar refractivity (Wildman–Crippen MR) is 150 cm³/mol. The maximum absolute atomic E-state index is 13.3. The Balaban J connectivity index is 1.24. The Morgan fingerprint density at radius 2 is 1.59 bits per heavy atom. The molecule has 0 N–H and O–H groups in total. The summed E-state index contributed by atoms with van der Waals surface area (Å²) in [7, 11) is 3.19. The largest absolute Gasteiger partial charge is 0.497 e. The quantitative estimate of drug-likeness (QED) is 0.188. The van der Waals surface area contributed by atoms with E-state index < -0.39 is 5.97 Å². The van der Waals surface area contributed by atoms with Crippen LogP contribution in [-0.4, -0.2) is 47.4 Å². The van der Waals surface area contributed by atoms with Crippen LogP contribution >= 0.6 is 0 Å². The Hall–Kier alpha value is -5.12. The van der Waals surface area contributed by atoms with Crippen molar-refractivity contribution in [2.24, 2.45) is 0 Å². The lowest BCUT2D eigenvalue weighted by Crippen LogP contribution is -2.19. The zero-order valence-corrected chi connectivity index (χ0v) is 23.0. The van der Waals surface area contributed by atoms with Crippen molar-refractivity contribution < 1.29 is 33.1 Å². The van der Waals surface area contributed by atoms with Crippen molar-refractivity contribution in [3.63, 3.8) is 0 Å². The summed E-state index contributed by atoms with van der Waals surface area (Å²) >= 11 is 0. The van der Waals surface area contributed by atoms with Crippen LogP contribution in [0, 0.1) is 0 Å². The minimum atomic E-state index is -0.576. The second-order valence-electron chi connectivity index (χ2n) is 9.08. The van der Waals surface area contributed by atoms with Gasteiger partial charge in [0, 0.05) is 23.8 Å². The van der Waals surface area contributed by atoms with E-state index in [1.54, 1.807) is 45.4 Å². The number of carbonyl (C=O) groups is 2. The van der Waals surface area contributed by atoms with Gasteiger partial charge in [-0.25, -0.2) is 4.79 Å². The first-order chi connectivity index (χ1) is 20.0. The van der Waals surface area contributed by atoms with Gasteiger partial charge in [-0.3, -0.25) is 9.36 Å². The molecule has 10 nitrogen and oxygen atoms in total. The molecule has 0 aliphatic carbocycles. The summed E-state index contributed by atoms with van der Waals surface area (Å²) in [6, 6.07) is 21.9. The number of carbonyl (C=O) groups excluding carboxylic acids is 2. The Bertz CT molecular complexity index is 1650. The smallest absolute Gasteiger partial charge is 0.355 e. The molecule has 2 heterocycles. The second kappa shape index (κ2) is 12.4. The molecular formula is C31H29N3O7. The van der Waals surface area contributed by atoms with Crippen LogP contribution in [0.2, 0.25) is 0 Å². The van der Waals surface area contributed by atoms with E-state index in [-0.39, 0.29) is 31.0 Å². The van der Waals surface area contributed by atoms with E-state index in [0.29, 0.717) is 40.7 Å². The summed E-state index contributed by atoms with van der Waals surface area (Å²) in [5.41, 5.74) is 2.51. The predicted octanol–water partition coefficient (Wildman–Crippen LogP) is 5.74. The summed E-state index contributed by atoms with van der Waals surface area (Å²) in [5, 5.41) is 4.75. The van der Waals surface area contributed by atoms with Crippen molar-refractivity contribution in [3.05, 3.63) is 89.9 Å². The number of hydrogen-bond acceptors (Lipinski definition) is 9. The molecule has 0 fully saturated rings. The number of fused-ring (bicyclic) bond motifs is 1. The van der Waals surface area contributed by atoms with E-state index in [1.165, 1.54) is 4.57 Å². The monoisotopic (exact) mass is 555 g/mol. The minimum absolute atomic E-state index is 0.0436. The summed E-state index contributed by atoms with van der Waals surface area (Å²) in [6.07, 6.45) is 0.245. The van der Waals surface area contributed by atoms with E-state index in [1.807, 2.05) is 48.5 Å². The van der Waals surface area contributed by atoms with Gasteiger partial charge in [0.1, 0.15) is 29.5 Å². The van der Waals surface area contributed by atoms with Crippen molar-refractivity contribution in [1.29, 1.82) is 0 Å². The first-order valence-corrected chi connectivity index (χ1v) is 13.1. The summed E-state index contributed by atoms with van der Waals surface area (Å²) < 4.78 is 28.3. The first kappa shape index (κ1) is 27.4. The van der Waals surface area contributed by atoms with Crippen LogP contribution in [0.4, 0.5) is 0 Å². The molecule has 210 valence electrons. The number of esters is 1. The van der Waals surface area contributed by atoms with Gasteiger partial charge in [0.2, 0.25) is 17.6 Å². The SMILES string of the molecule is CCOC(=O)c1cc2cc(OC)ccc2n1C(=O)CCc1nc(-c2ccc(OCc3ccc(OC)cc3)cc2)no1. The molecule has 0 unspecified atom stereocenters. The molecule has 41 heavy (non-hydrogen) atoms. The van der Waals surface area contributed by atoms with Gasteiger partial charge >= 0.3 is 5.97 Å². The average Bonchev–Trinajstić information content (AvgIpc) is 3.64. The lowest BCUT2D eigenvalue weighted by molar-refractivity contribution is 0.0509. The van der Waals surface area contributed by atoms with Gasteiger partial charge in [0.15, 0.2) is 0 Å². The molecular weight excluding hydrogens is 526 g/mol. The third-order valence-corrected chi connectivity index (χ3v) is 6.44. The maximum Gasteiger partial charge on any atom is 0.355 e. The third kappa shape index (κ3) is 6.22. The van der Waals surface area contributed by atoms with Crippen LogP contribution in [0.15, 0.2) is 77.3 Å². The molecule has 0 aliphatic rings. The molecule has 0 saturated heterocycles. The zero-order valence-electron chi connectivity index (χ0n) is 23.0. The minimum Gasteiger partial charge on any atom is -0.497 e. The van der Waals surface area contributed by atoms with Crippen molar-refractivity contribution >= 4 is 22.8 Å². The fraction of sp³-hybridized carbons (Fsp3) is 0.226. The molecule has 0 aliphatic heterocycles. The van der Waals surface area contributed by atoms with Gasteiger partial charge in [-0.05, 0) is 73.2 Å². The van der Waals surface area contributed by atoms with Crippen molar-refractivity contribution in [2.45, 2.75) is 26.4 Å². The van der Waals surface area contributed by atoms with E-state index in [9.17, 15) is 9.59 Å². The van der Waals surface area contributed by atoms with Crippen LogP contribution in [0.3, 0.4) is 0 Å². The number of aryl methyl sites for hydroxylation is 1. The molecule has 0 radical (unpaired) electrons. The van der Waals surface area contributed by atoms with E-state index in [4.69, 9.17) is 23.5 Å². The molecule has 10 heteroatoms. The number of methoxy groups -OCH3 is 2. The Morgan fingerprint density at radius 1 is 0.878 bits per heavy atom. The average molecular weight is 556 g/mol. The topological polar surface area (TPSA) is 115 Å². The Morgan fingerprint density at radius 3 is 2.29 bits per heavy atom. The summed E-state index contributed by atoms with van der Waals surface area (Å²) in [5.74, 6) is 1.95. The molecule has 5 aromatic rings. The van der Waals surface area contributed by atoms with Gasteiger partial charge in [-0.15, -0.1) is 0 Å². The van der Waals surface area contributed by atoms with Crippen LogP contribution in [0.1, 0.15) is 40.1 Å². The van der Waals surface area contributed by atoms with Crippen molar-refractivity contribution in [1.82, 2.24) is 14.7 Å². The van der Waals surface area contributed by atoms with Gasteiger partial charge in [-0.1, -0.05) is 17.3 Å². The Kier molecular flexibility index (Phi) is 8.28. The van der Waals surface area contributed by atoms with Crippen LogP contribution in [-0.2, 0) is 17.8 Å². The van der Waals surface area contributed by atoms with Crippen molar-refractivity contribution in [2.75, 3.05) is 20.8 Å². The lowest BCUT2D eigenvalue weighted by atomic mass is 10.2. The standard InChI is InChI=1S/C31H29N3O7/c1-4-39-31(36)27-18-22-17-25(38-3)13-14-26(22)34(27)29(35)16-15-28-32-30(33-41-28)21-7-11-24(12-8-21)40-19-20-5-9-23(37-2)10-6-20/h5-14,17-18H,4,15-16,19H2,1-3H3. The molecule has 0 saturated carbocycles. The molecule has 3 aromatic carbocycles. The highest BCUT2D eigenvalue weighted by Crippen LogP contribution is 2.26. The normalized spacial score (nSPS) is 10.9. The summed E-state index contributed by atoms with van der Waals surface area (Å²) in [6.45, 7) is 2.33. The molecule has 0 atom stereocenters. The number of rotatable bonds is 11. The number of benzene rings is 3. The van der Waals surface area contributed by atoms with E-state index >= 15 is 0 Å². The first-order valence-electron chi connectivity index (χ1n) is 13.1.